The van der Waals surface area contributed by atoms with Crippen LogP contribution in [0.4, 0.5) is 0 Å². The topological polar surface area (TPSA) is 67.8 Å². The molecule has 0 aliphatic heterocycles. The van der Waals surface area contributed by atoms with Crippen LogP contribution in [0.25, 0.3) is 0 Å². The average molecular weight is 264 g/mol. The van der Waals surface area contributed by atoms with Crippen LogP contribution in [0.3, 0.4) is 0 Å². The molecule has 0 saturated heterocycles. The summed E-state index contributed by atoms with van der Waals surface area (Å²) in [5.74, 6) is 1.16. The predicted octanol–water partition coefficient (Wildman–Crippen LogP) is 3.20. The molecular formula is C15H24N2O2. The van der Waals surface area contributed by atoms with Gasteiger partial charge in [-0.2, -0.15) is 0 Å². The maximum atomic E-state index is 8.46. The van der Waals surface area contributed by atoms with Crippen LogP contribution in [0.2, 0.25) is 0 Å². The largest absolute Gasteiger partial charge is 0.493 e. The van der Waals surface area contributed by atoms with Gasteiger partial charge in [-0.15, -0.1) is 0 Å². The molecule has 0 radical (unpaired) electrons. The molecule has 0 heterocycles. The van der Waals surface area contributed by atoms with E-state index < -0.39 is 0 Å². The summed E-state index contributed by atoms with van der Waals surface area (Å²) in [4.78, 5) is 0. The Kier molecular flexibility index (Phi) is 5.21. The van der Waals surface area contributed by atoms with E-state index in [-0.39, 0.29) is 11.3 Å². The summed E-state index contributed by atoms with van der Waals surface area (Å²) in [6.45, 7) is 9.11. The van der Waals surface area contributed by atoms with Crippen molar-refractivity contribution >= 4 is 5.84 Å². The molecule has 3 N–H and O–H groups in total. The zero-order chi connectivity index (χ0) is 14.5. The number of benzene rings is 1. The van der Waals surface area contributed by atoms with Crippen molar-refractivity contribution in [3.8, 4) is 5.75 Å². The van der Waals surface area contributed by atoms with Gasteiger partial charge in [0.25, 0.3) is 0 Å². The standard InChI is InChI=1S/C15H24N2O2/c1-11-7-8-12(15(2,3)4)13(10-11)19-9-5-6-14(16)17-18/h7-8,10,18H,5-6,9H2,1-4H3,(H2,16,17). The highest BCUT2D eigenvalue weighted by Gasteiger charge is 2.18. The third-order valence-corrected chi connectivity index (χ3v) is 2.91. The first-order valence-corrected chi connectivity index (χ1v) is 6.55. The number of oxime groups is 1. The molecule has 0 atom stereocenters. The first-order chi connectivity index (χ1) is 8.84. The van der Waals surface area contributed by atoms with Gasteiger partial charge in [0.2, 0.25) is 0 Å². The number of hydrogen-bond acceptors (Lipinski definition) is 3. The number of aryl methyl sites for hydroxylation is 1. The zero-order valence-electron chi connectivity index (χ0n) is 12.2. The highest BCUT2D eigenvalue weighted by Crippen LogP contribution is 2.32. The number of hydrogen-bond donors (Lipinski definition) is 2. The van der Waals surface area contributed by atoms with Crippen molar-refractivity contribution in [2.75, 3.05) is 6.61 Å². The third-order valence-electron chi connectivity index (χ3n) is 2.91. The van der Waals surface area contributed by atoms with Crippen LogP contribution in [0.15, 0.2) is 23.4 Å². The van der Waals surface area contributed by atoms with Crippen LogP contribution in [-0.2, 0) is 5.41 Å². The van der Waals surface area contributed by atoms with Gasteiger partial charge in [0.1, 0.15) is 11.6 Å². The van der Waals surface area contributed by atoms with Gasteiger partial charge >= 0.3 is 0 Å². The second-order valence-electron chi connectivity index (χ2n) is 5.79. The number of amidine groups is 1. The molecule has 0 saturated carbocycles. The van der Waals surface area contributed by atoms with E-state index >= 15 is 0 Å². The maximum absolute atomic E-state index is 8.46. The number of nitrogens with zero attached hydrogens (tertiary/aromatic N) is 1. The van der Waals surface area contributed by atoms with Crippen LogP contribution in [0.5, 0.6) is 5.75 Å². The molecule has 1 aromatic carbocycles. The maximum Gasteiger partial charge on any atom is 0.139 e. The van der Waals surface area contributed by atoms with E-state index in [1.807, 2.05) is 0 Å². The lowest BCUT2D eigenvalue weighted by Crippen LogP contribution is -2.15. The van der Waals surface area contributed by atoms with Gasteiger partial charge in [0, 0.05) is 6.42 Å². The van der Waals surface area contributed by atoms with Gasteiger partial charge in [-0.3, -0.25) is 0 Å². The van der Waals surface area contributed by atoms with Crippen LogP contribution >= 0.6 is 0 Å². The molecule has 0 aliphatic rings. The molecule has 1 rings (SSSR count). The summed E-state index contributed by atoms with van der Waals surface area (Å²) in [6, 6.07) is 6.28. The molecule has 4 nitrogen and oxygen atoms in total. The lowest BCUT2D eigenvalue weighted by Gasteiger charge is -2.23. The van der Waals surface area contributed by atoms with E-state index in [9.17, 15) is 0 Å². The summed E-state index contributed by atoms with van der Waals surface area (Å²) >= 11 is 0. The molecule has 0 spiro atoms. The van der Waals surface area contributed by atoms with Gasteiger partial charge in [-0.05, 0) is 36.0 Å². The summed E-state index contributed by atoms with van der Waals surface area (Å²) in [5.41, 5.74) is 7.85. The first-order valence-electron chi connectivity index (χ1n) is 6.55. The molecule has 0 aromatic heterocycles. The van der Waals surface area contributed by atoms with Crippen molar-refractivity contribution < 1.29 is 9.94 Å². The number of ether oxygens (including phenoxy) is 1. The number of rotatable bonds is 5. The van der Waals surface area contributed by atoms with Crippen molar-refractivity contribution in [3.05, 3.63) is 29.3 Å². The monoisotopic (exact) mass is 264 g/mol. The fraction of sp³-hybridized carbons (Fsp3) is 0.533. The Bertz CT molecular complexity index is 448. The highest BCUT2D eigenvalue weighted by atomic mass is 16.5. The smallest absolute Gasteiger partial charge is 0.139 e. The fourth-order valence-electron chi connectivity index (χ4n) is 1.85. The van der Waals surface area contributed by atoms with Crippen LogP contribution in [0, 0.1) is 6.92 Å². The molecule has 106 valence electrons. The van der Waals surface area contributed by atoms with Crippen LogP contribution in [0.1, 0.15) is 44.7 Å². The lowest BCUT2D eigenvalue weighted by molar-refractivity contribution is 0.300. The van der Waals surface area contributed by atoms with Gasteiger partial charge in [-0.25, -0.2) is 0 Å². The molecule has 0 fully saturated rings. The average Bonchev–Trinajstić information content (AvgIpc) is 2.32. The van der Waals surface area contributed by atoms with E-state index in [0.29, 0.717) is 13.0 Å². The second-order valence-corrected chi connectivity index (χ2v) is 5.79. The van der Waals surface area contributed by atoms with Crippen LogP contribution < -0.4 is 10.5 Å². The molecule has 1 aromatic rings. The Hall–Kier alpha value is -1.71. The molecule has 0 amide bonds. The molecule has 19 heavy (non-hydrogen) atoms. The minimum Gasteiger partial charge on any atom is -0.493 e. The summed E-state index contributed by atoms with van der Waals surface area (Å²) in [6.07, 6.45) is 1.26. The van der Waals surface area contributed by atoms with Gasteiger partial charge in [0.05, 0.1) is 6.61 Å². The lowest BCUT2D eigenvalue weighted by atomic mass is 9.86. The van der Waals surface area contributed by atoms with E-state index in [2.05, 4.69) is 51.0 Å². The van der Waals surface area contributed by atoms with E-state index in [1.165, 1.54) is 11.1 Å². The number of nitrogens with two attached hydrogens (primary N) is 1. The Morgan fingerprint density at radius 1 is 1.37 bits per heavy atom. The summed E-state index contributed by atoms with van der Waals surface area (Å²) in [5, 5.41) is 11.4. The molecule has 4 heteroatoms. The SMILES string of the molecule is Cc1ccc(C(C)(C)C)c(OCCC/C(N)=N/O)c1. The van der Waals surface area contributed by atoms with E-state index in [0.717, 1.165) is 12.2 Å². The van der Waals surface area contributed by atoms with Crippen molar-refractivity contribution in [1.82, 2.24) is 0 Å². The fourth-order valence-corrected chi connectivity index (χ4v) is 1.85. The van der Waals surface area contributed by atoms with Crippen LogP contribution in [-0.4, -0.2) is 17.6 Å². The molecule has 0 unspecified atom stereocenters. The zero-order valence-corrected chi connectivity index (χ0v) is 12.2. The highest BCUT2D eigenvalue weighted by molar-refractivity contribution is 5.79. The van der Waals surface area contributed by atoms with Gasteiger partial charge in [-0.1, -0.05) is 38.1 Å². The molecule has 0 aliphatic carbocycles. The Morgan fingerprint density at radius 3 is 2.63 bits per heavy atom. The summed E-state index contributed by atoms with van der Waals surface area (Å²) in [7, 11) is 0. The minimum absolute atomic E-state index is 0.0502. The van der Waals surface area contributed by atoms with Crippen molar-refractivity contribution in [1.29, 1.82) is 0 Å². The van der Waals surface area contributed by atoms with Crippen molar-refractivity contribution in [2.45, 2.75) is 46.0 Å². The van der Waals surface area contributed by atoms with Crippen molar-refractivity contribution in [2.24, 2.45) is 10.9 Å². The minimum atomic E-state index is 0.0502. The molecule has 0 bridgehead atoms. The quantitative estimate of drug-likeness (QED) is 0.282. The Morgan fingerprint density at radius 2 is 2.05 bits per heavy atom. The van der Waals surface area contributed by atoms with E-state index in [1.54, 1.807) is 0 Å². The third kappa shape index (κ3) is 4.81. The Balaban J connectivity index is 2.69. The first kappa shape index (κ1) is 15.3. The molecular weight excluding hydrogens is 240 g/mol. The normalized spacial score (nSPS) is 12.5. The predicted molar refractivity (Wildman–Crippen MR) is 78.0 cm³/mol. The van der Waals surface area contributed by atoms with E-state index in [4.69, 9.17) is 15.7 Å². The second kappa shape index (κ2) is 6.45. The Labute approximate surface area is 115 Å². The van der Waals surface area contributed by atoms with Crippen molar-refractivity contribution in [3.63, 3.8) is 0 Å². The van der Waals surface area contributed by atoms with Gasteiger partial charge < -0.3 is 15.7 Å². The van der Waals surface area contributed by atoms with Gasteiger partial charge in [0.15, 0.2) is 0 Å². The summed E-state index contributed by atoms with van der Waals surface area (Å²) < 4.78 is 5.85.